The van der Waals surface area contributed by atoms with Gasteiger partial charge >= 0.3 is 0 Å². The molecule has 1 N–H and O–H groups in total. The highest BCUT2D eigenvalue weighted by Crippen LogP contribution is 2.28. The van der Waals surface area contributed by atoms with Crippen LogP contribution in [0.1, 0.15) is 20.9 Å². The summed E-state index contributed by atoms with van der Waals surface area (Å²) in [4.78, 5) is 21.5. The quantitative estimate of drug-likeness (QED) is 0.883. The number of amides is 1. The number of carbonyl (C=O) groups excluding carboxylic acids is 1. The predicted molar refractivity (Wildman–Crippen MR) is 88.3 cm³/mol. The van der Waals surface area contributed by atoms with Crippen molar-refractivity contribution < 1.29 is 4.79 Å². The number of fused-ring (bicyclic) bond motifs is 1. The molecule has 4 nitrogen and oxygen atoms in total. The minimum Gasteiger partial charge on any atom is -0.301 e. The summed E-state index contributed by atoms with van der Waals surface area (Å²) in [5, 5.41) is 3.63. The zero-order valence-electron chi connectivity index (χ0n) is 12.0. The molecule has 1 aromatic carbocycles. The van der Waals surface area contributed by atoms with Gasteiger partial charge in [0.15, 0.2) is 5.13 Å². The largest absolute Gasteiger partial charge is 0.301 e. The monoisotopic (exact) mass is 319 g/mol. The van der Waals surface area contributed by atoms with Crippen LogP contribution < -0.4 is 5.32 Å². The third-order valence-corrected chi connectivity index (χ3v) is 5.20. The van der Waals surface area contributed by atoms with Gasteiger partial charge in [-0.1, -0.05) is 6.07 Å². The molecular formula is C15H17N3OS2. The van der Waals surface area contributed by atoms with Gasteiger partial charge < -0.3 is 4.90 Å². The zero-order valence-corrected chi connectivity index (χ0v) is 13.7. The summed E-state index contributed by atoms with van der Waals surface area (Å²) in [6.07, 6.45) is 2.96. The summed E-state index contributed by atoms with van der Waals surface area (Å²) in [6, 6.07) is 7.64. The van der Waals surface area contributed by atoms with Crippen LogP contribution in [0.5, 0.6) is 0 Å². The van der Waals surface area contributed by atoms with Crippen LogP contribution in [0.15, 0.2) is 29.2 Å². The van der Waals surface area contributed by atoms with Gasteiger partial charge in [0.2, 0.25) is 0 Å². The lowest BCUT2D eigenvalue weighted by atomic mass is 10.2. The molecule has 1 aromatic heterocycles. The molecule has 0 spiro atoms. The van der Waals surface area contributed by atoms with Crippen LogP contribution in [-0.4, -0.2) is 35.6 Å². The Morgan fingerprint density at radius 2 is 2.33 bits per heavy atom. The highest BCUT2D eigenvalue weighted by Gasteiger charge is 2.19. The van der Waals surface area contributed by atoms with E-state index >= 15 is 0 Å². The SMILES string of the molecule is CSc1cccc(C(=O)Nc2nc3c(s2)CN(C)CC3)c1. The smallest absolute Gasteiger partial charge is 0.257 e. The molecule has 1 aliphatic rings. The van der Waals surface area contributed by atoms with Crippen LogP contribution in [-0.2, 0) is 13.0 Å². The van der Waals surface area contributed by atoms with E-state index in [0.29, 0.717) is 10.7 Å². The molecule has 0 saturated heterocycles. The van der Waals surface area contributed by atoms with Crippen molar-refractivity contribution in [3.05, 3.63) is 40.4 Å². The fourth-order valence-electron chi connectivity index (χ4n) is 2.31. The van der Waals surface area contributed by atoms with Crippen LogP contribution in [0.4, 0.5) is 5.13 Å². The van der Waals surface area contributed by atoms with Crippen LogP contribution in [0.2, 0.25) is 0 Å². The minimum absolute atomic E-state index is 0.0923. The van der Waals surface area contributed by atoms with Crippen molar-refractivity contribution in [3.63, 3.8) is 0 Å². The van der Waals surface area contributed by atoms with E-state index in [0.717, 1.165) is 30.1 Å². The number of rotatable bonds is 3. The van der Waals surface area contributed by atoms with Gasteiger partial charge in [0.25, 0.3) is 5.91 Å². The number of likely N-dealkylation sites (N-methyl/N-ethyl adjacent to an activating group) is 1. The van der Waals surface area contributed by atoms with Crippen LogP contribution in [0.3, 0.4) is 0 Å². The van der Waals surface area contributed by atoms with Gasteiger partial charge in [-0.3, -0.25) is 10.1 Å². The molecule has 0 bridgehead atoms. The lowest BCUT2D eigenvalue weighted by Crippen LogP contribution is -2.25. The first-order valence-electron chi connectivity index (χ1n) is 6.78. The molecule has 3 rings (SSSR count). The number of benzene rings is 1. The number of thioether (sulfide) groups is 1. The summed E-state index contributed by atoms with van der Waals surface area (Å²) >= 11 is 3.21. The Labute approximate surface area is 132 Å². The molecule has 2 aromatic rings. The number of carbonyl (C=O) groups is 1. The summed E-state index contributed by atoms with van der Waals surface area (Å²) in [6.45, 7) is 1.95. The van der Waals surface area contributed by atoms with Gasteiger partial charge in [-0.05, 0) is 31.5 Å². The molecular weight excluding hydrogens is 302 g/mol. The van der Waals surface area contributed by atoms with Crippen molar-refractivity contribution in [3.8, 4) is 0 Å². The lowest BCUT2D eigenvalue weighted by Gasteiger charge is -2.20. The number of hydrogen-bond donors (Lipinski definition) is 1. The predicted octanol–water partition coefficient (Wildman–Crippen LogP) is 3.11. The standard InChI is InChI=1S/C15H17N3OS2/c1-18-7-6-12-13(9-18)21-15(16-12)17-14(19)10-4-3-5-11(8-10)20-2/h3-5,8H,6-7,9H2,1-2H3,(H,16,17,19). The summed E-state index contributed by atoms with van der Waals surface area (Å²) < 4.78 is 0. The fraction of sp³-hybridized carbons (Fsp3) is 0.333. The first-order valence-corrected chi connectivity index (χ1v) is 8.82. The molecule has 0 aliphatic carbocycles. The van der Waals surface area contributed by atoms with Crippen molar-refractivity contribution in [2.45, 2.75) is 17.9 Å². The van der Waals surface area contributed by atoms with Crippen molar-refractivity contribution in [1.82, 2.24) is 9.88 Å². The third-order valence-electron chi connectivity index (χ3n) is 3.47. The second kappa shape index (κ2) is 6.17. The Bertz CT molecular complexity index is 669. The number of hydrogen-bond acceptors (Lipinski definition) is 5. The maximum absolute atomic E-state index is 12.3. The average Bonchev–Trinajstić information content (AvgIpc) is 2.88. The zero-order chi connectivity index (χ0) is 14.8. The van der Waals surface area contributed by atoms with E-state index in [1.807, 2.05) is 30.5 Å². The highest BCUT2D eigenvalue weighted by molar-refractivity contribution is 7.98. The molecule has 0 atom stereocenters. The van der Waals surface area contributed by atoms with E-state index in [1.165, 1.54) is 4.88 Å². The average molecular weight is 319 g/mol. The van der Waals surface area contributed by atoms with Gasteiger partial charge in [-0.2, -0.15) is 0 Å². The van der Waals surface area contributed by atoms with E-state index in [1.54, 1.807) is 23.1 Å². The topological polar surface area (TPSA) is 45.2 Å². The molecule has 1 amide bonds. The summed E-state index contributed by atoms with van der Waals surface area (Å²) in [5.74, 6) is -0.0923. The fourth-order valence-corrected chi connectivity index (χ4v) is 3.85. The number of anilines is 1. The summed E-state index contributed by atoms with van der Waals surface area (Å²) in [7, 11) is 2.11. The number of thiazole rings is 1. The van der Waals surface area contributed by atoms with Gasteiger partial charge in [0.05, 0.1) is 5.69 Å². The van der Waals surface area contributed by atoms with Crippen LogP contribution in [0, 0.1) is 0 Å². The lowest BCUT2D eigenvalue weighted by molar-refractivity contribution is 0.102. The Morgan fingerprint density at radius 3 is 3.14 bits per heavy atom. The Morgan fingerprint density at radius 1 is 1.48 bits per heavy atom. The molecule has 2 heterocycles. The van der Waals surface area contributed by atoms with Gasteiger partial charge in [-0.25, -0.2) is 4.98 Å². The van der Waals surface area contributed by atoms with E-state index in [4.69, 9.17) is 0 Å². The minimum atomic E-state index is -0.0923. The van der Waals surface area contributed by atoms with Gasteiger partial charge in [0, 0.05) is 34.8 Å². The first kappa shape index (κ1) is 14.6. The number of nitrogens with one attached hydrogen (secondary N) is 1. The first-order chi connectivity index (χ1) is 10.2. The maximum atomic E-state index is 12.3. The van der Waals surface area contributed by atoms with Gasteiger partial charge in [0.1, 0.15) is 0 Å². The Hall–Kier alpha value is -1.37. The molecule has 6 heteroatoms. The summed E-state index contributed by atoms with van der Waals surface area (Å²) in [5.41, 5.74) is 1.80. The van der Waals surface area contributed by atoms with Crippen molar-refractivity contribution in [1.29, 1.82) is 0 Å². The van der Waals surface area contributed by atoms with E-state index in [-0.39, 0.29) is 5.91 Å². The highest BCUT2D eigenvalue weighted by atomic mass is 32.2. The Kier molecular flexibility index (Phi) is 4.28. The molecule has 0 saturated carbocycles. The molecule has 0 radical (unpaired) electrons. The van der Waals surface area contributed by atoms with Crippen LogP contribution in [0.25, 0.3) is 0 Å². The normalized spacial score (nSPS) is 14.8. The van der Waals surface area contributed by atoms with Gasteiger partial charge in [-0.15, -0.1) is 23.1 Å². The van der Waals surface area contributed by atoms with Crippen molar-refractivity contribution in [2.24, 2.45) is 0 Å². The van der Waals surface area contributed by atoms with Crippen LogP contribution >= 0.6 is 23.1 Å². The third kappa shape index (κ3) is 3.28. The number of aromatic nitrogens is 1. The second-order valence-corrected chi connectivity index (χ2v) is 7.03. The molecule has 21 heavy (non-hydrogen) atoms. The Balaban J connectivity index is 1.75. The van der Waals surface area contributed by atoms with E-state index < -0.39 is 0 Å². The molecule has 110 valence electrons. The van der Waals surface area contributed by atoms with Crippen molar-refractivity contribution >= 4 is 34.1 Å². The molecule has 0 fully saturated rings. The molecule has 1 aliphatic heterocycles. The maximum Gasteiger partial charge on any atom is 0.257 e. The van der Waals surface area contributed by atoms with E-state index in [9.17, 15) is 4.79 Å². The number of nitrogens with zero attached hydrogens (tertiary/aromatic N) is 2. The molecule has 0 unspecified atom stereocenters. The van der Waals surface area contributed by atoms with Crippen molar-refractivity contribution in [2.75, 3.05) is 25.2 Å². The second-order valence-electron chi connectivity index (χ2n) is 5.06. The van der Waals surface area contributed by atoms with E-state index in [2.05, 4.69) is 22.2 Å².